The molecule has 7 nitrogen and oxygen atoms in total. The lowest BCUT2D eigenvalue weighted by atomic mass is 10.3. The maximum absolute atomic E-state index is 11.5. The molecule has 0 unspecified atom stereocenters. The molecule has 1 fully saturated rings. The number of ether oxygens (including phenoxy) is 1. The predicted molar refractivity (Wildman–Crippen MR) is 76.0 cm³/mol. The summed E-state index contributed by atoms with van der Waals surface area (Å²) in [7, 11) is 1.58. The minimum Gasteiger partial charge on any atom is -0.384 e. The van der Waals surface area contributed by atoms with Gasteiger partial charge in [0.2, 0.25) is 5.91 Å². The Kier molecular flexibility index (Phi) is 5.11. The average molecular weight is 279 g/mol. The van der Waals surface area contributed by atoms with Crippen molar-refractivity contribution in [2.45, 2.75) is 38.3 Å². The molecule has 0 atom stereocenters. The quantitative estimate of drug-likeness (QED) is 0.605. The minimum atomic E-state index is 0.122. The van der Waals surface area contributed by atoms with Crippen molar-refractivity contribution >= 4 is 17.5 Å². The highest BCUT2D eigenvalue weighted by atomic mass is 16.5. The first kappa shape index (κ1) is 14.5. The summed E-state index contributed by atoms with van der Waals surface area (Å²) in [4.78, 5) is 19.8. The third-order valence-corrected chi connectivity index (χ3v) is 2.89. The van der Waals surface area contributed by atoms with E-state index in [-0.39, 0.29) is 5.91 Å². The van der Waals surface area contributed by atoms with Crippen LogP contribution in [0.2, 0.25) is 0 Å². The second-order valence-electron chi connectivity index (χ2n) is 4.90. The van der Waals surface area contributed by atoms with Crippen LogP contribution in [0, 0.1) is 0 Å². The van der Waals surface area contributed by atoms with Gasteiger partial charge in [0.05, 0.1) is 0 Å². The Bertz CT molecular complexity index is 462. The van der Waals surface area contributed by atoms with E-state index in [1.54, 1.807) is 13.2 Å². The molecule has 0 spiro atoms. The fourth-order valence-corrected chi connectivity index (χ4v) is 1.79. The summed E-state index contributed by atoms with van der Waals surface area (Å²) in [6, 6.07) is 2.09. The molecule has 1 aromatic heterocycles. The van der Waals surface area contributed by atoms with Gasteiger partial charge in [0.15, 0.2) is 5.82 Å². The summed E-state index contributed by atoms with van der Waals surface area (Å²) in [5.41, 5.74) is 5.69. The standard InChI is InChI=1S/C13H21N5O2/c1-20-8-12-17-10(14)7-11(18-12)15-6-2-3-13(19)16-9-4-5-9/h7,9H,2-6,8H2,1H3,(H,16,19)(H3,14,15,17,18). The van der Waals surface area contributed by atoms with Gasteiger partial charge in [0, 0.05) is 32.2 Å². The van der Waals surface area contributed by atoms with Gasteiger partial charge in [-0.05, 0) is 19.3 Å². The Morgan fingerprint density at radius 3 is 3.00 bits per heavy atom. The van der Waals surface area contributed by atoms with Gasteiger partial charge >= 0.3 is 0 Å². The van der Waals surface area contributed by atoms with Gasteiger partial charge in [-0.2, -0.15) is 0 Å². The molecule has 1 saturated carbocycles. The fourth-order valence-electron chi connectivity index (χ4n) is 1.79. The molecule has 0 bridgehead atoms. The molecule has 20 heavy (non-hydrogen) atoms. The Hall–Kier alpha value is -1.89. The van der Waals surface area contributed by atoms with Crippen molar-refractivity contribution in [3.63, 3.8) is 0 Å². The summed E-state index contributed by atoms with van der Waals surface area (Å²) in [6.45, 7) is 0.991. The van der Waals surface area contributed by atoms with E-state index in [2.05, 4.69) is 20.6 Å². The summed E-state index contributed by atoms with van der Waals surface area (Å²) < 4.78 is 4.98. The van der Waals surface area contributed by atoms with E-state index in [4.69, 9.17) is 10.5 Å². The Morgan fingerprint density at radius 1 is 1.50 bits per heavy atom. The van der Waals surface area contributed by atoms with E-state index in [0.717, 1.165) is 19.3 Å². The number of carbonyl (C=O) groups excluding carboxylic acids is 1. The summed E-state index contributed by atoms with van der Waals surface area (Å²) in [6.07, 6.45) is 3.51. The van der Waals surface area contributed by atoms with Crippen molar-refractivity contribution in [3.8, 4) is 0 Å². The van der Waals surface area contributed by atoms with E-state index < -0.39 is 0 Å². The highest BCUT2D eigenvalue weighted by molar-refractivity contribution is 5.76. The molecule has 1 aliphatic carbocycles. The lowest BCUT2D eigenvalue weighted by Gasteiger charge is -2.08. The number of nitrogens with zero attached hydrogens (tertiary/aromatic N) is 2. The predicted octanol–water partition coefficient (Wildman–Crippen LogP) is 0.676. The van der Waals surface area contributed by atoms with E-state index >= 15 is 0 Å². The van der Waals surface area contributed by atoms with Gasteiger partial charge in [0.25, 0.3) is 0 Å². The largest absolute Gasteiger partial charge is 0.384 e. The molecule has 4 N–H and O–H groups in total. The molecule has 0 aliphatic heterocycles. The maximum atomic E-state index is 11.5. The molecule has 7 heteroatoms. The number of hydrogen-bond acceptors (Lipinski definition) is 6. The Morgan fingerprint density at radius 2 is 2.30 bits per heavy atom. The number of nitrogen functional groups attached to an aromatic ring is 1. The molecule has 0 radical (unpaired) electrons. The molecule has 1 heterocycles. The van der Waals surface area contributed by atoms with Crippen molar-refractivity contribution in [3.05, 3.63) is 11.9 Å². The van der Waals surface area contributed by atoms with Crippen LogP contribution in [0.1, 0.15) is 31.5 Å². The first-order valence-electron chi connectivity index (χ1n) is 6.83. The first-order valence-corrected chi connectivity index (χ1v) is 6.83. The van der Waals surface area contributed by atoms with Crippen LogP contribution in [0.15, 0.2) is 6.07 Å². The van der Waals surface area contributed by atoms with Gasteiger partial charge in [0.1, 0.15) is 18.2 Å². The van der Waals surface area contributed by atoms with Crippen molar-refractivity contribution in [1.82, 2.24) is 15.3 Å². The van der Waals surface area contributed by atoms with E-state index in [1.807, 2.05) is 0 Å². The number of nitrogens with one attached hydrogen (secondary N) is 2. The summed E-state index contributed by atoms with van der Waals surface area (Å²) in [5, 5.41) is 6.10. The lowest BCUT2D eigenvalue weighted by Crippen LogP contribution is -2.25. The van der Waals surface area contributed by atoms with Crippen LogP contribution in [-0.4, -0.2) is 35.6 Å². The van der Waals surface area contributed by atoms with E-state index in [0.29, 0.717) is 43.1 Å². The second kappa shape index (κ2) is 7.04. The zero-order valence-corrected chi connectivity index (χ0v) is 11.7. The first-order chi connectivity index (χ1) is 9.67. The van der Waals surface area contributed by atoms with Crippen LogP contribution in [0.3, 0.4) is 0 Å². The van der Waals surface area contributed by atoms with Crippen molar-refractivity contribution in [1.29, 1.82) is 0 Å². The van der Waals surface area contributed by atoms with Crippen LogP contribution in [0.25, 0.3) is 0 Å². The van der Waals surface area contributed by atoms with Gasteiger partial charge in [-0.3, -0.25) is 4.79 Å². The highest BCUT2D eigenvalue weighted by Crippen LogP contribution is 2.18. The number of amides is 1. The van der Waals surface area contributed by atoms with Gasteiger partial charge in [-0.25, -0.2) is 9.97 Å². The second-order valence-corrected chi connectivity index (χ2v) is 4.90. The summed E-state index contributed by atoms with van der Waals surface area (Å²) >= 11 is 0. The lowest BCUT2D eigenvalue weighted by molar-refractivity contribution is -0.121. The smallest absolute Gasteiger partial charge is 0.220 e. The van der Waals surface area contributed by atoms with Gasteiger partial charge in [-0.1, -0.05) is 0 Å². The zero-order valence-electron chi connectivity index (χ0n) is 11.7. The highest BCUT2D eigenvalue weighted by Gasteiger charge is 2.22. The number of aromatic nitrogens is 2. The molecule has 0 saturated heterocycles. The van der Waals surface area contributed by atoms with Crippen LogP contribution in [0.5, 0.6) is 0 Å². The summed E-state index contributed by atoms with van der Waals surface area (Å²) in [5.74, 6) is 1.73. The Labute approximate surface area is 118 Å². The zero-order chi connectivity index (χ0) is 14.4. The van der Waals surface area contributed by atoms with Crippen LogP contribution in [-0.2, 0) is 16.1 Å². The van der Waals surface area contributed by atoms with Gasteiger partial charge < -0.3 is 21.1 Å². The molecule has 1 amide bonds. The Balaban J connectivity index is 1.71. The normalized spacial score (nSPS) is 14.1. The number of carbonyl (C=O) groups is 1. The molecular formula is C13H21N5O2. The monoisotopic (exact) mass is 279 g/mol. The molecule has 1 aromatic rings. The fraction of sp³-hybridized carbons (Fsp3) is 0.615. The minimum absolute atomic E-state index is 0.122. The van der Waals surface area contributed by atoms with Crippen molar-refractivity contribution < 1.29 is 9.53 Å². The molecular weight excluding hydrogens is 258 g/mol. The third-order valence-electron chi connectivity index (χ3n) is 2.89. The number of anilines is 2. The van der Waals surface area contributed by atoms with E-state index in [9.17, 15) is 4.79 Å². The molecule has 110 valence electrons. The van der Waals surface area contributed by atoms with Gasteiger partial charge in [-0.15, -0.1) is 0 Å². The molecule has 1 aliphatic rings. The number of rotatable bonds is 8. The van der Waals surface area contributed by atoms with Crippen LogP contribution < -0.4 is 16.4 Å². The molecule has 2 rings (SSSR count). The maximum Gasteiger partial charge on any atom is 0.220 e. The van der Waals surface area contributed by atoms with E-state index in [1.165, 1.54) is 0 Å². The van der Waals surface area contributed by atoms with Crippen LogP contribution in [0.4, 0.5) is 11.6 Å². The third kappa shape index (κ3) is 5.00. The number of methoxy groups -OCH3 is 1. The average Bonchev–Trinajstić information content (AvgIpc) is 3.18. The van der Waals surface area contributed by atoms with Crippen molar-refractivity contribution in [2.75, 3.05) is 24.7 Å². The number of nitrogens with two attached hydrogens (primary N) is 1. The SMILES string of the molecule is COCc1nc(N)cc(NCCCC(=O)NC2CC2)n1. The topological polar surface area (TPSA) is 102 Å². The molecule has 0 aromatic carbocycles. The number of hydrogen-bond donors (Lipinski definition) is 3. The van der Waals surface area contributed by atoms with Crippen LogP contribution >= 0.6 is 0 Å². The van der Waals surface area contributed by atoms with Crippen molar-refractivity contribution in [2.24, 2.45) is 0 Å².